The fraction of sp³-hybridized carbons (Fsp3) is 0.571. The minimum absolute atomic E-state index is 0.516. The summed E-state index contributed by atoms with van der Waals surface area (Å²) in [5.74, 6) is 0.516. The van der Waals surface area contributed by atoms with E-state index >= 15 is 0 Å². The van der Waals surface area contributed by atoms with Gasteiger partial charge in [-0.05, 0) is 38.2 Å². The van der Waals surface area contributed by atoms with Crippen molar-refractivity contribution in [3.05, 3.63) is 29.6 Å². The van der Waals surface area contributed by atoms with Gasteiger partial charge in [0.2, 0.25) is 0 Å². The molecule has 1 saturated carbocycles. The molecule has 0 saturated heterocycles. The van der Waals surface area contributed by atoms with Gasteiger partial charge in [0.1, 0.15) is 0 Å². The van der Waals surface area contributed by atoms with Crippen LogP contribution in [0, 0.1) is 29.6 Å². The van der Waals surface area contributed by atoms with Crippen molar-refractivity contribution in [1.82, 2.24) is 4.98 Å². The van der Waals surface area contributed by atoms with Crippen LogP contribution >= 0.6 is 0 Å². The normalized spacial score (nSPS) is 29.9. The molecule has 0 radical (unpaired) electrons. The number of aliphatic hydroxyl groups excluding tert-OH is 1. The number of aliphatic hydroxyl groups is 1. The van der Waals surface area contributed by atoms with Crippen LogP contribution in [0.15, 0.2) is 18.3 Å². The summed E-state index contributed by atoms with van der Waals surface area (Å²) in [4.78, 5) is 4.19. The molecule has 90 valence electrons. The third-order valence-electron chi connectivity index (χ3n) is 3.79. The van der Waals surface area contributed by atoms with Gasteiger partial charge in [-0.15, -0.1) is 0 Å². The second-order valence-electron chi connectivity index (χ2n) is 5.25. The first-order valence-electron chi connectivity index (χ1n) is 6.09. The lowest BCUT2D eigenvalue weighted by Crippen LogP contribution is -2.24. The maximum atomic E-state index is 10.4. The van der Waals surface area contributed by atoms with Crippen LogP contribution in [0.2, 0.25) is 0 Å². The zero-order chi connectivity index (χ0) is 12.5. The topological polar surface area (TPSA) is 56.9 Å². The van der Waals surface area contributed by atoms with Crippen LogP contribution in [0.3, 0.4) is 0 Å². The van der Waals surface area contributed by atoms with E-state index < -0.39 is 11.5 Å². The van der Waals surface area contributed by atoms with Crippen molar-refractivity contribution in [3.63, 3.8) is 0 Å². The van der Waals surface area contributed by atoms with E-state index in [1.807, 2.05) is 19.1 Å². The molecule has 3 atom stereocenters. The largest absolute Gasteiger partial charge is 0.387 e. The number of nitriles is 1. The van der Waals surface area contributed by atoms with E-state index in [9.17, 15) is 10.4 Å². The second-order valence-corrected chi connectivity index (χ2v) is 5.25. The summed E-state index contributed by atoms with van der Waals surface area (Å²) < 4.78 is 0. The number of rotatable bonds is 2. The van der Waals surface area contributed by atoms with Crippen LogP contribution in [0.5, 0.6) is 0 Å². The van der Waals surface area contributed by atoms with Gasteiger partial charge in [-0.1, -0.05) is 13.0 Å². The molecule has 1 aliphatic carbocycles. The minimum atomic E-state index is -0.717. The van der Waals surface area contributed by atoms with Crippen LogP contribution in [0.1, 0.15) is 43.5 Å². The molecule has 1 aliphatic rings. The monoisotopic (exact) mass is 230 g/mol. The van der Waals surface area contributed by atoms with Crippen molar-refractivity contribution in [2.75, 3.05) is 0 Å². The molecule has 1 aromatic rings. The molecular formula is C14H18N2O. The molecule has 2 rings (SSSR count). The smallest absolute Gasteiger partial charge is 0.0991 e. The molecule has 0 amide bonds. The van der Waals surface area contributed by atoms with E-state index in [0.29, 0.717) is 5.92 Å². The van der Waals surface area contributed by atoms with Crippen molar-refractivity contribution in [1.29, 1.82) is 5.26 Å². The summed E-state index contributed by atoms with van der Waals surface area (Å²) in [6.45, 7) is 4.05. The molecule has 0 aromatic carbocycles. The SMILES string of the molecule is Cc1ccc(C(O)C2(C#N)CCC(C)C2)cn1. The number of aryl methyl sites for hydroxylation is 1. The zero-order valence-corrected chi connectivity index (χ0v) is 10.3. The highest BCUT2D eigenvalue weighted by atomic mass is 16.3. The Morgan fingerprint density at radius 3 is 2.82 bits per heavy atom. The van der Waals surface area contributed by atoms with Crippen LogP contribution in [-0.4, -0.2) is 10.1 Å². The Morgan fingerprint density at radius 1 is 1.59 bits per heavy atom. The third-order valence-corrected chi connectivity index (χ3v) is 3.79. The highest BCUT2D eigenvalue weighted by Crippen LogP contribution is 2.49. The van der Waals surface area contributed by atoms with Crippen molar-refractivity contribution in [2.24, 2.45) is 11.3 Å². The Bertz CT molecular complexity index is 435. The molecule has 0 bridgehead atoms. The summed E-state index contributed by atoms with van der Waals surface area (Å²) in [5, 5.41) is 19.8. The number of pyridine rings is 1. The molecular weight excluding hydrogens is 212 g/mol. The Labute approximate surface area is 102 Å². The van der Waals surface area contributed by atoms with Crippen LogP contribution < -0.4 is 0 Å². The molecule has 1 N–H and O–H groups in total. The summed E-state index contributed by atoms with van der Waals surface area (Å²) in [6.07, 6.45) is 3.54. The zero-order valence-electron chi connectivity index (χ0n) is 10.3. The van der Waals surface area contributed by atoms with E-state index in [1.54, 1.807) is 6.20 Å². The highest BCUT2D eigenvalue weighted by Gasteiger charge is 2.44. The summed E-state index contributed by atoms with van der Waals surface area (Å²) in [7, 11) is 0. The first-order valence-corrected chi connectivity index (χ1v) is 6.09. The van der Waals surface area contributed by atoms with E-state index in [2.05, 4.69) is 18.0 Å². The Hall–Kier alpha value is -1.40. The first kappa shape index (κ1) is 12.1. The quantitative estimate of drug-likeness (QED) is 0.849. The van der Waals surface area contributed by atoms with Gasteiger partial charge in [0.15, 0.2) is 0 Å². The third kappa shape index (κ3) is 2.18. The number of hydrogen-bond donors (Lipinski definition) is 1. The van der Waals surface area contributed by atoms with Crippen molar-refractivity contribution < 1.29 is 5.11 Å². The fourth-order valence-electron chi connectivity index (χ4n) is 2.70. The van der Waals surface area contributed by atoms with Crippen molar-refractivity contribution in [2.45, 2.75) is 39.2 Å². The molecule has 0 aliphatic heterocycles. The maximum Gasteiger partial charge on any atom is 0.0991 e. The van der Waals surface area contributed by atoms with Crippen molar-refractivity contribution >= 4 is 0 Å². The number of nitrogens with zero attached hydrogens (tertiary/aromatic N) is 2. The summed E-state index contributed by atoms with van der Waals surface area (Å²) >= 11 is 0. The van der Waals surface area contributed by atoms with E-state index in [0.717, 1.165) is 30.5 Å². The predicted molar refractivity (Wildman–Crippen MR) is 65.0 cm³/mol. The lowest BCUT2D eigenvalue weighted by Gasteiger charge is -2.27. The van der Waals surface area contributed by atoms with Gasteiger partial charge in [0, 0.05) is 17.5 Å². The van der Waals surface area contributed by atoms with Gasteiger partial charge in [0.25, 0.3) is 0 Å². The molecule has 3 nitrogen and oxygen atoms in total. The van der Waals surface area contributed by atoms with Gasteiger partial charge in [-0.3, -0.25) is 4.98 Å². The molecule has 3 heteroatoms. The Morgan fingerprint density at radius 2 is 2.35 bits per heavy atom. The van der Waals surface area contributed by atoms with Crippen LogP contribution in [0.25, 0.3) is 0 Å². The van der Waals surface area contributed by atoms with Gasteiger partial charge in [0.05, 0.1) is 17.6 Å². The average Bonchev–Trinajstić information content (AvgIpc) is 2.72. The molecule has 1 heterocycles. The lowest BCUT2D eigenvalue weighted by atomic mass is 9.78. The van der Waals surface area contributed by atoms with Crippen LogP contribution in [-0.2, 0) is 0 Å². The average molecular weight is 230 g/mol. The van der Waals surface area contributed by atoms with Gasteiger partial charge >= 0.3 is 0 Å². The van der Waals surface area contributed by atoms with E-state index in [4.69, 9.17) is 0 Å². The molecule has 17 heavy (non-hydrogen) atoms. The second kappa shape index (κ2) is 4.46. The van der Waals surface area contributed by atoms with Crippen LogP contribution in [0.4, 0.5) is 0 Å². The maximum absolute atomic E-state index is 10.4. The van der Waals surface area contributed by atoms with Crippen molar-refractivity contribution in [3.8, 4) is 6.07 Å². The molecule has 1 fully saturated rings. The number of aromatic nitrogens is 1. The highest BCUT2D eigenvalue weighted by molar-refractivity contribution is 5.22. The molecule has 3 unspecified atom stereocenters. The summed E-state index contributed by atoms with van der Waals surface area (Å²) in [6, 6.07) is 6.09. The molecule has 0 spiro atoms. The predicted octanol–water partition coefficient (Wildman–Crippen LogP) is 2.75. The van der Waals surface area contributed by atoms with Gasteiger partial charge in [-0.2, -0.15) is 5.26 Å². The Kier molecular flexibility index (Phi) is 3.17. The lowest BCUT2D eigenvalue weighted by molar-refractivity contribution is 0.0644. The van der Waals surface area contributed by atoms with Gasteiger partial charge < -0.3 is 5.11 Å². The summed E-state index contributed by atoms with van der Waals surface area (Å²) in [5.41, 5.74) is 1.06. The van der Waals surface area contributed by atoms with E-state index in [1.165, 1.54) is 0 Å². The standard InChI is InChI=1S/C14H18N2O/c1-10-5-6-14(7-10,9-15)13(17)12-4-3-11(2)16-8-12/h3-4,8,10,13,17H,5-7H2,1-2H3. The Balaban J connectivity index is 2.27. The van der Waals surface area contributed by atoms with Gasteiger partial charge in [-0.25, -0.2) is 0 Å². The van der Waals surface area contributed by atoms with E-state index in [-0.39, 0.29) is 0 Å². The number of hydrogen-bond acceptors (Lipinski definition) is 3. The molecule has 1 aromatic heterocycles. The minimum Gasteiger partial charge on any atom is -0.387 e. The first-order chi connectivity index (χ1) is 8.07. The fourth-order valence-corrected chi connectivity index (χ4v) is 2.70.